The van der Waals surface area contributed by atoms with Crippen molar-refractivity contribution in [3.63, 3.8) is 0 Å². The smallest absolute Gasteiger partial charge is 0.224 e. The Morgan fingerprint density at radius 1 is 1.32 bits per heavy atom. The van der Waals surface area contributed by atoms with E-state index in [0.717, 1.165) is 24.8 Å². The second-order valence-electron chi connectivity index (χ2n) is 6.35. The summed E-state index contributed by atoms with van der Waals surface area (Å²) in [6.07, 6.45) is 6.93. The van der Waals surface area contributed by atoms with Crippen molar-refractivity contribution in [2.24, 2.45) is 23.2 Å². The highest BCUT2D eigenvalue weighted by Gasteiger charge is 2.61. The largest absolute Gasteiger partial charge is 0.265 e. The highest BCUT2D eigenvalue weighted by atomic mass is 16.6. The molecule has 0 bridgehead atoms. The van der Waals surface area contributed by atoms with Crippen molar-refractivity contribution >= 4 is 0 Å². The van der Waals surface area contributed by atoms with Crippen molar-refractivity contribution < 1.29 is 9.85 Å². The third-order valence-electron chi connectivity index (χ3n) is 5.63. The molecule has 4 atom stereocenters. The molecular weight excluding hydrogens is 248 g/mol. The van der Waals surface area contributed by atoms with Crippen LogP contribution < -0.4 is 0 Å². The maximum atomic E-state index is 10.8. The fraction of sp³-hybridized carbons (Fsp3) is 0.846. The van der Waals surface area contributed by atoms with Crippen LogP contribution in [-0.4, -0.2) is 22.9 Å². The van der Waals surface area contributed by atoms with Gasteiger partial charge in [-0.05, 0) is 54.9 Å². The lowest BCUT2D eigenvalue weighted by Crippen LogP contribution is -2.43. The first-order chi connectivity index (χ1) is 9.01. The first kappa shape index (κ1) is 12.6. The van der Waals surface area contributed by atoms with Crippen LogP contribution in [0.25, 0.3) is 0 Å². The fourth-order valence-electron chi connectivity index (χ4n) is 4.74. The molecule has 0 N–H and O–H groups in total. The maximum absolute atomic E-state index is 10.8. The van der Waals surface area contributed by atoms with Gasteiger partial charge >= 0.3 is 0 Å². The number of nitrogens with zero attached hydrogens (tertiary/aromatic N) is 2. The molecule has 2 fully saturated rings. The standard InChI is InChI=1S/C13H18N2O4/c16-14(17)7-9-1-3-13-4-2-11(13)6-10(8-15(18)19)12(13)5-9/h1,10-12H,2-8H2. The van der Waals surface area contributed by atoms with E-state index < -0.39 is 0 Å². The third-order valence-corrected chi connectivity index (χ3v) is 5.63. The average molecular weight is 266 g/mol. The van der Waals surface area contributed by atoms with E-state index >= 15 is 0 Å². The Morgan fingerprint density at radius 3 is 2.68 bits per heavy atom. The van der Waals surface area contributed by atoms with Crippen molar-refractivity contribution in [2.75, 3.05) is 13.1 Å². The lowest BCUT2D eigenvalue weighted by atomic mass is 9.53. The first-order valence-electron chi connectivity index (χ1n) is 6.93. The van der Waals surface area contributed by atoms with Gasteiger partial charge in [0.15, 0.2) is 0 Å². The zero-order valence-corrected chi connectivity index (χ0v) is 10.8. The van der Waals surface area contributed by atoms with Crippen molar-refractivity contribution in [1.29, 1.82) is 0 Å². The Kier molecular flexibility index (Phi) is 2.83. The average Bonchev–Trinajstić information content (AvgIpc) is 2.49. The fourth-order valence-corrected chi connectivity index (χ4v) is 4.74. The van der Waals surface area contributed by atoms with E-state index in [2.05, 4.69) is 0 Å². The number of hydrogen-bond donors (Lipinski definition) is 0. The molecule has 0 amide bonds. The molecule has 1 spiro atoms. The third kappa shape index (κ3) is 1.93. The summed E-state index contributed by atoms with van der Waals surface area (Å²) in [7, 11) is 0. The predicted octanol–water partition coefficient (Wildman–Crippen LogP) is 2.29. The Balaban J connectivity index is 1.79. The van der Waals surface area contributed by atoms with Gasteiger partial charge in [0.1, 0.15) is 0 Å². The zero-order chi connectivity index (χ0) is 13.6. The van der Waals surface area contributed by atoms with Crippen molar-refractivity contribution in [3.8, 4) is 0 Å². The van der Waals surface area contributed by atoms with Gasteiger partial charge in [0, 0.05) is 15.8 Å². The van der Waals surface area contributed by atoms with E-state index in [1.165, 1.54) is 6.42 Å². The van der Waals surface area contributed by atoms with E-state index in [-0.39, 0.29) is 34.3 Å². The first-order valence-corrected chi connectivity index (χ1v) is 6.93. The van der Waals surface area contributed by atoms with Gasteiger partial charge in [0.2, 0.25) is 13.1 Å². The van der Waals surface area contributed by atoms with Gasteiger partial charge in [-0.15, -0.1) is 0 Å². The van der Waals surface area contributed by atoms with Crippen LogP contribution in [-0.2, 0) is 0 Å². The van der Waals surface area contributed by atoms with Gasteiger partial charge in [-0.2, -0.15) is 0 Å². The molecule has 0 aromatic rings. The van der Waals surface area contributed by atoms with E-state index in [1.807, 2.05) is 6.08 Å². The van der Waals surface area contributed by atoms with Crippen LogP contribution in [0.3, 0.4) is 0 Å². The van der Waals surface area contributed by atoms with Crippen LogP contribution in [0.5, 0.6) is 0 Å². The summed E-state index contributed by atoms with van der Waals surface area (Å²) in [6.45, 7) is -0.0584. The molecule has 0 aromatic carbocycles. The summed E-state index contributed by atoms with van der Waals surface area (Å²) in [6, 6.07) is 0. The minimum atomic E-state index is -0.292. The monoisotopic (exact) mass is 266 g/mol. The van der Waals surface area contributed by atoms with Crippen LogP contribution in [0.2, 0.25) is 0 Å². The molecule has 3 rings (SSSR count). The maximum Gasteiger partial charge on any atom is 0.224 e. The van der Waals surface area contributed by atoms with Crippen LogP contribution in [0.4, 0.5) is 0 Å². The molecule has 2 saturated carbocycles. The van der Waals surface area contributed by atoms with E-state index in [1.54, 1.807) is 0 Å². The van der Waals surface area contributed by atoms with Crippen molar-refractivity contribution in [2.45, 2.75) is 32.1 Å². The van der Waals surface area contributed by atoms with Crippen LogP contribution >= 0.6 is 0 Å². The highest BCUT2D eigenvalue weighted by Crippen LogP contribution is 2.67. The number of hydrogen-bond acceptors (Lipinski definition) is 4. The Labute approximate surface area is 111 Å². The summed E-state index contributed by atoms with van der Waals surface area (Å²) >= 11 is 0. The van der Waals surface area contributed by atoms with E-state index in [4.69, 9.17) is 0 Å². The predicted molar refractivity (Wildman–Crippen MR) is 67.8 cm³/mol. The van der Waals surface area contributed by atoms with Gasteiger partial charge in [0.05, 0.1) is 0 Å². The van der Waals surface area contributed by atoms with E-state index in [0.29, 0.717) is 18.3 Å². The molecule has 4 unspecified atom stereocenters. The second-order valence-corrected chi connectivity index (χ2v) is 6.35. The molecule has 0 saturated heterocycles. The number of nitro groups is 2. The second kappa shape index (κ2) is 4.28. The quantitative estimate of drug-likeness (QED) is 0.444. The zero-order valence-electron chi connectivity index (χ0n) is 10.8. The lowest BCUT2D eigenvalue weighted by Gasteiger charge is -2.51. The van der Waals surface area contributed by atoms with Gasteiger partial charge in [-0.3, -0.25) is 20.2 Å². The summed E-state index contributed by atoms with van der Waals surface area (Å²) in [5.74, 6) is 1.05. The minimum absolute atomic E-state index is 0.0364. The Morgan fingerprint density at radius 2 is 2.11 bits per heavy atom. The summed E-state index contributed by atoms with van der Waals surface area (Å²) < 4.78 is 0. The molecule has 3 aliphatic carbocycles. The van der Waals surface area contributed by atoms with Gasteiger partial charge in [-0.1, -0.05) is 6.08 Å². The lowest BCUT2D eigenvalue weighted by molar-refractivity contribution is -0.490. The molecule has 3 aliphatic rings. The van der Waals surface area contributed by atoms with Crippen LogP contribution in [0.1, 0.15) is 32.1 Å². The number of allylic oxidation sites excluding steroid dienone is 1. The SMILES string of the molecule is O=[N+]([O-])CC1=CCC23CCC2CC(C[N+](=O)[O-])C3C1. The van der Waals surface area contributed by atoms with Crippen molar-refractivity contribution in [1.82, 2.24) is 0 Å². The molecule has 0 aliphatic heterocycles. The summed E-state index contributed by atoms with van der Waals surface area (Å²) in [5.41, 5.74) is 1.13. The molecule has 104 valence electrons. The number of rotatable bonds is 4. The molecule has 6 nitrogen and oxygen atoms in total. The molecule has 0 radical (unpaired) electrons. The molecular formula is C13H18N2O4. The van der Waals surface area contributed by atoms with Gasteiger partial charge < -0.3 is 0 Å². The summed E-state index contributed by atoms with van der Waals surface area (Å²) in [4.78, 5) is 20.9. The minimum Gasteiger partial charge on any atom is -0.265 e. The molecule has 19 heavy (non-hydrogen) atoms. The van der Waals surface area contributed by atoms with Gasteiger partial charge in [0.25, 0.3) is 0 Å². The normalized spacial score (nSPS) is 39.8. The molecule has 6 heteroatoms. The van der Waals surface area contributed by atoms with Gasteiger partial charge in [-0.25, -0.2) is 0 Å². The summed E-state index contributed by atoms with van der Waals surface area (Å²) in [5, 5.41) is 21.4. The highest BCUT2D eigenvalue weighted by molar-refractivity contribution is 5.20. The molecule has 0 heterocycles. The van der Waals surface area contributed by atoms with Crippen LogP contribution in [0, 0.1) is 43.4 Å². The van der Waals surface area contributed by atoms with Crippen molar-refractivity contribution in [3.05, 3.63) is 31.9 Å². The van der Waals surface area contributed by atoms with Crippen LogP contribution in [0.15, 0.2) is 11.6 Å². The topological polar surface area (TPSA) is 86.3 Å². The Hall–Kier alpha value is -1.46. The van der Waals surface area contributed by atoms with E-state index in [9.17, 15) is 20.2 Å². The Bertz CT molecular complexity index is 462. The molecule has 0 aromatic heterocycles.